The van der Waals surface area contributed by atoms with Crippen LogP contribution in [-0.2, 0) is 11.3 Å². The molecule has 0 amide bonds. The van der Waals surface area contributed by atoms with Crippen molar-refractivity contribution in [2.45, 2.75) is 70.4 Å². The lowest BCUT2D eigenvalue weighted by molar-refractivity contribution is -0.152. The summed E-state index contributed by atoms with van der Waals surface area (Å²) in [4.78, 5) is 16.2. The molecule has 1 saturated carbocycles. The first-order chi connectivity index (χ1) is 15.9. The van der Waals surface area contributed by atoms with E-state index < -0.39 is 11.6 Å². The minimum Gasteiger partial charge on any atom is -0.478 e. The van der Waals surface area contributed by atoms with Gasteiger partial charge in [-0.2, -0.15) is 0 Å². The number of para-hydroxylation sites is 2. The Morgan fingerprint density at radius 3 is 2.73 bits per heavy atom. The van der Waals surface area contributed by atoms with Gasteiger partial charge in [0.1, 0.15) is 11.3 Å². The van der Waals surface area contributed by atoms with E-state index in [1.54, 1.807) is 19.9 Å². The second kappa shape index (κ2) is 10.4. The van der Waals surface area contributed by atoms with Crippen molar-refractivity contribution in [2.24, 2.45) is 5.92 Å². The first kappa shape index (κ1) is 23.3. The molecule has 6 heteroatoms. The number of aromatic nitrogens is 1. The Morgan fingerprint density at radius 1 is 1.18 bits per heavy atom. The molecule has 3 aromatic rings. The molecule has 1 aliphatic rings. The maximum Gasteiger partial charge on any atom is 0.347 e. The van der Waals surface area contributed by atoms with E-state index in [0.717, 1.165) is 35.5 Å². The molecule has 1 aliphatic carbocycles. The Bertz CT molecular complexity index is 1040. The molecule has 1 atom stereocenters. The Balaban J connectivity index is 1.38. The normalized spacial score (nSPS) is 16.1. The van der Waals surface area contributed by atoms with Gasteiger partial charge in [-0.3, -0.25) is 0 Å². The van der Waals surface area contributed by atoms with Crippen LogP contribution in [-0.4, -0.2) is 28.2 Å². The third-order valence-corrected chi connectivity index (χ3v) is 6.59. The monoisotopic (exact) mass is 450 g/mol. The van der Waals surface area contributed by atoms with E-state index in [4.69, 9.17) is 14.1 Å². The van der Waals surface area contributed by atoms with Crippen LogP contribution in [0.15, 0.2) is 52.9 Å². The molecule has 2 N–H and O–H groups in total. The molecule has 1 unspecified atom stereocenters. The zero-order chi connectivity index (χ0) is 23.3. The van der Waals surface area contributed by atoms with Gasteiger partial charge >= 0.3 is 5.97 Å². The van der Waals surface area contributed by atoms with Crippen LogP contribution < -0.4 is 10.1 Å². The average molecular weight is 451 g/mol. The molecule has 0 spiro atoms. The highest BCUT2D eigenvalue weighted by Gasteiger charge is 2.30. The molecule has 6 nitrogen and oxygen atoms in total. The number of hydrogen-bond acceptors (Lipinski definition) is 5. The number of carboxylic acids is 1. The van der Waals surface area contributed by atoms with Crippen molar-refractivity contribution in [1.82, 2.24) is 10.3 Å². The minimum absolute atomic E-state index is 0.316. The van der Waals surface area contributed by atoms with E-state index >= 15 is 0 Å². The van der Waals surface area contributed by atoms with Crippen molar-refractivity contribution in [3.8, 4) is 5.75 Å². The third kappa shape index (κ3) is 5.93. The molecular formula is C27H34N2O4. The Hall–Kier alpha value is -2.86. The molecule has 4 rings (SSSR count). The number of nitrogens with one attached hydrogen (secondary N) is 1. The van der Waals surface area contributed by atoms with Gasteiger partial charge in [-0.15, -0.1) is 0 Å². The molecule has 2 aromatic carbocycles. The number of aliphatic carboxylic acids is 1. The Morgan fingerprint density at radius 2 is 1.97 bits per heavy atom. The van der Waals surface area contributed by atoms with Crippen molar-refractivity contribution in [3.63, 3.8) is 0 Å². The number of ether oxygens (including phenoxy) is 1. The molecule has 0 saturated heterocycles. The number of carboxylic acid groups (broad SMARTS) is 1. The molecule has 1 aromatic heterocycles. The quantitative estimate of drug-likeness (QED) is 0.373. The minimum atomic E-state index is -1.27. The fourth-order valence-corrected chi connectivity index (χ4v) is 4.69. The van der Waals surface area contributed by atoms with Gasteiger partial charge in [0.05, 0.1) is 0 Å². The second-order valence-electron chi connectivity index (χ2n) is 9.55. The zero-order valence-electron chi connectivity index (χ0n) is 19.5. The number of oxazole rings is 1. The van der Waals surface area contributed by atoms with E-state index in [0.29, 0.717) is 24.1 Å². The second-order valence-corrected chi connectivity index (χ2v) is 9.55. The molecule has 0 radical (unpaired) electrons. The van der Waals surface area contributed by atoms with Crippen LogP contribution in [0.25, 0.3) is 11.1 Å². The number of hydrogen-bond donors (Lipinski definition) is 2. The van der Waals surface area contributed by atoms with Gasteiger partial charge in [0.25, 0.3) is 0 Å². The molecule has 176 valence electrons. The fraction of sp³-hybridized carbons (Fsp3) is 0.481. The predicted octanol–water partition coefficient (Wildman–Crippen LogP) is 5.91. The Labute approximate surface area is 195 Å². The first-order valence-electron chi connectivity index (χ1n) is 12.0. The van der Waals surface area contributed by atoms with Crippen LogP contribution >= 0.6 is 0 Å². The molecule has 33 heavy (non-hydrogen) atoms. The van der Waals surface area contributed by atoms with Crippen LogP contribution in [0.4, 0.5) is 0 Å². The van der Waals surface area contributed by atoms with E-state index in [1.165, 1.54) is 32.1 Å². The summed E-state index contributed by atoms with van der Waals surface area (Å²) in [5.74, 6) is 1.38. The SMILES string of the molecule is CC(C)(Oc1cccc(CNCCC(c2nc3ccccc3o2)C2CCCCC2)c1)C(=O)O. The van der Waals surface area contributed by atoms with E-state index in [1.807, 2.05) is 42.5 Å². The molecule has 1 fully saturated rings. The largest absolute Gasteiger partial charge is 0.478 e. The summed E-state index contributed by atoms with van der Waals surface area (Å²) in [6.07, 6.45) is 7.35. The number of fused-ring (bicyclic) bond motifs is 1. The van der Waals surface area contributed by atoms with Crippen molar-refractivity contribution in [2.75, 3.05) is 6.54 Å². The third-order valence-electron chi connectivity index (χ3n) is 6.59. The predicted molar refractivity (Wildman–Crippen MR) is 128 cm³/mol. The number of rotatable bonds is 10. The molecule has 0 bridgehead atoms. The van der Waals surface area contributed by atoms with Crippen molar-refractivity contribution < 1.29 is 19.1 Å². The topological polar surface area (TPSA) is 84.6 Å². The van der Waals surface area contributed by atoms with Gasteiger partial charge in [-0.25, -0.2) is 9.78 Å². The van der Waals surface area contributed by atoms with E-state index in [-0.39, 0.29) is 0 Å². The van der Waals surface area contributed by atoms with Crippen molar-refractivity contribution in [3.05, 3.63) is 60.0 Å². The Kier molecular flexibility index (Phi) is 7.33. The van der Waals surface area contributed by atoms with Crippen LogP contribution in [0.2, 0.25) is 0 Å². The summed E-state index contributed by atoms with van der Waals surface area (Å²) in [6, 6.07) is 15.6. The van der Waals surface area contributed by atoms with Crippen LogP contribution in [0.1, 0.15) is 69.7 Å². The van der Waals surface area contributed by atoms with Gasteiger partial charge in [-0.05, 0) is 75.4 Å². The average Bonchev–Trinajstić information content (AvgIpc) is 3.23. The lowest BCUT2D eigenvalue weighted by Gasteiger charge is -2.28. The smallest absolute Gasteiger partial charge is 0.347 e. The highest BCUT2D eigenvalue weighted by Crippen LogP contribution is 2.38. The number of nitrogens with zero attached hydrogens (tertiary/aromatic N) is 1. The number of carbonyl (C=O) groups is 1. The fourth-order valence-electron chi connectivity index (χ4n) is 4.69. The molecular weight excluding hydrogens is 416 g/mol. The summed E-state index contributed by atoms with van der Waals surface area (Å²) >= 11 is 0. The summed E-state index contributed by atoms with van der Waals surface area (Å²) in [6.45, 7) is 4.65. The van der Waals surface area contributed by atoms with E-state index in [2.05, 4.69) is 5.32 Å². The molecule has 0 aliphatic heterocycles. The van der Waals surface area contributed by atoms with Gasteiger partial charge in [0.15, 0.2) is 17.1 Å². The van der Waals surface area contributed by atoms with Crippen molar-refractivity contribution >= 4 is 17.1 Å². The van der Waals surface area contributed by atoms with Gasteiger partial charge in [0.2, 0.25) is 0 Å². The maximum absolute atomic E-state index is 11.3. The molecule has 1 heterocycles. The first-order valence-corrected chi connectivity index (χ1v) is 12.0. The highest BCUT2D eigenvalue weighted by atomic mass is 16.5. The van der Waals surface area contributed by atoms with Crippen LogP contribution in [0.5, 0.6) is 5.75 Å². The van der Waals surface area contributed by atoms with Gasteiger partial charge in [-0.1, -0.05) is 43.5 Å². The van der Waals surface area contributed by atoms with Gasteiger partial charge < -0.3 is 19.6 Å². The highest BCUT2D eigenvalue weighted by molar-refractivity contribution is 5.76. The summed E-state index contributed by atoms with van der Waals surface area (Å²) < 4.78 is 11.8. The summed E-state index contributed by atoms with van der Waals surface area (Å²) in [5, 5.41) is 12.8. The lowest BCUT2D eigenvalue weighted by atomic mass is 9.78. The van der Waals surface area contributed by atoms with Crippen LogP contribution in [0, 0.1) is 5.92 Å². The summed E-state index contributed by atoms with van der Waals surface area (Å²) in [7, 11) is 0. The van der Waals surface area contributed by atoms with Gasteiger partial charge in [0, 0.05) is 12.5 Å². The van der Waals surface area contributed by atoms with Crippen molar-refractivity contribution in [1.29, 1.82) is 0 Å². The van der Waals surface area contributed by atoms with E-state index in [9.17, 15) is 9.90 Å². The summed E-state index contributed by atoms with van der Waals surface area (Å²) in [5.41, 5.74) is 1.59. The number of benzene rings is 2. The maximum atomic E-state index is 11.3. The zero-order valence-corrected chi connectivity index (χ0v) is 19.5. The standard InChI is InChI=1S/C27H34N2O4/c1-27(2,26(30)31)33-21-12-8-9-19(17-21)18-28-16-15-22(20-10-4-3-5-11-20)25-29-23-13-6-7-14-24(23)32-25/h6-9,12-14,17,20,22,28H,3-5,10-11,15-16,18H2,1-2H3,(H,30,31). The lowest BCUT2D eigenvalue weighted by Crippen LogP contribution is -2.37. The van der Waals surface area contributed by atoms with Crippen LogP contribution in [0.3, 0.4) is 0 Å².